The average molecular weight is 308 g/mol. The molecule has 1 aliphatic heterocycles. The third-order valence-corrected chi connectivity index (χ3v) is 4.56. The second kappa shape index (κ2) is 7.81. The van der Waals surface area contributed by atoms with E-state index in [4.69, 9.17) is 9.47 Å². The van der Waals surface area contributed by atoms with Crippen molar-refractivity contribution < 1.29 is 14.6 Å². The summed E-state index contributed by atoms with van der Waals surface area (Å²) in [7, 11) is 7.48. The number of piperidine rings is 1. The number of hydrogen-bond donors (Lipinski definition) is 1. The summed E-state index contributed by atoms with van der Waals surface area (Å²) in [6, 6.07) is 6.14. The molecule has 1 aliphatic rings. The second-order valence-electron chi connectivity index (χ2n) is 6.10. The van der Waals surface area contributed by atoms with Crippen molar-refractivity contribution in [2.24, 2.45) is 0 Å². The zero-order valence-corrected chi connectivity index (χ0v) is 14.1. The lowest BCUT2D eigenvalue weighted by Gasteiger charge is -2.36. The van der Waals surface area contributed by atoms with Crippen molar-refractivity contribution in [3.05, 3.63) is 23.8 Å². The summed E-state index contributed by atoms with van der Waals surface area (Å²) in [4.78, 5) is 4.63. The molecule has 5 heteroatoms. The molecule has 0 aliphatic carbocycles. The molecule has 1 fully saturated rings. The molecule has 1 atom stereocenters. The fourth-order valence-corrected chi connectivity index (χ4v) is 3.02. The molecule has 0 aromatic heterocycles. The highest BCUT2D eigenvalue weighted by atomic mass is 16.5. The number of aliphatic hydroxyl groups is 1. The molecule has 124 valence electrons. The van der Waals surface area contributed by atoms with Crippen molar-refractivity contribution in [3.8, 4) is 11.5 Å². The molecule has 5 nitrogen and oxygen atoms in total. The number of aliphatic hydroxyl groups excluding tert-OH is 1. The van der Waals surface area contributed by atoms with E-state index < -0.39 is 6.10 Å². The maximum atomic E-state index is 10.5. The van der Waals surface area contributed by atoms with E-state index in [1.807, 2.05) is 18.2 Å². The first-order valence-corrected chi connectivity index (χ1v) is 7.84. The maximum absolute atomic E-state index is 10.5. The van der Waals surface area contributed by atoms with Crippen molar-refractivity contribution in [3.63, 3.8) is 0 Å². The predicted molar refractivity (Wildman–Crippen MR) is 87.7 cm³/mol. The van der Waals surface area contributed by atoms with Gasteiger partial charge in [0.15, 0.2) is 11.5 Å². The Hall–Kier alpha value is -1.30. The zero-order valence-electron chi connectivity index (χ0n) is 14.1. The van der Waals surface area contributed by atoms with Gasteiger partial charge < -0.3 is 24.4 Å². The number of ether oxygens (including phenoxy) is 2. The number of hydrogen-bond acceptors (Lipinski definition) is 5. The van der Waals surface area contributed by atoms with Gasteiger partial charge in [0.05, 0.1) is 20.3 Å². The molecule has 0 radical (unpaired) electrons. The Morgan fingerprint density at radius 3 is 2.45 bits per heavy atom. The highest BCUT2D eigenvalue weighted by Crippen LogP contribution is 2.30. The molecule has 1 N–H and O–H groups in total. The van der Waals surface area contributed by atoms with Crippen LogP contribution < -0.4 is 9.47 Å². The van der Waals surface area contributed by atoms with Crippen molar-refractivity contribution >= 4 is 0 Å². The molecule has 0 spiro atoms. The lowest BCUT2D eigenvalue weighted by atomic mass is 10.0. The van der Waals surface area contributed by atoms with Gasteiger partial charge in [-0.3, -0.25) is 0 Å². The van der Waals surface area contributed by atoms with Crippen LogP contribution in [0.5, 0.6) is 11.5 Å². The minimum Gasteiger partial charge on any atom is -0.493 e. The van der Waals surface area contributed by atoms with Crippen LogP contribution in [0.1, 0.15) is 24.5 Å². The molecule has 1 saturated heterocycles. The monoisotopic (exact) mass is 308 g/mol. The lowest BCUT2D eigenvalue weighted by Crippen LogP contribution is -2.43. The number of likely N-dealkylation sites (tertiary alicyclic amines) is 1. The van der Waals surface area contributed by atoms with Crippen LogP contribution in [0.3, 0.4) is 0 Å². The van der Waals surface area contributed by atoms with Gasteiger partial charge in [-0.2, -0.15) is 0 Å². The minimum atomic E-state index is -0.524. The van der Waals surface area contributed by atoms with Gasteiger partial charge >= 0.3 is 0 Å². The standard InChI is InChI=1S/C17H28N2O3/c1-18-9-7-14(8-10-18)19(2)12-15(20)13-5-6-16(21-3)17(11-13)22-4/h5-6,11,14-15,20H,7-10,12H2,1-4H3. The number of benzene rings is 1. The first-order chi connectivity index (χ1) is 10.5. The van der Waals surface area contributed by atoms with Crippen LogP contribution in [0.2, 0.25) is 0 Å². The van der Waals surface area contributed by atoms with E-state index in [1.165, 1.54) is 0 Å². The van der Waals surface area contributed by atoms with Crippen molar-refractivity contribution in [1.82, 2.24) is 9.80 Å². The summed E-state index contributed by atoms with van der Waals surface area (Å²) >= 11 is 0. The molecule has 22 heavy (non-hydrogen) atoms. The molecule has 2 rings (SSSR count). The van der Waals surface area contributed by atoms with Gasteiger partial charge in [-0.05, 0) is 57.7 Å². The molecule has 1 aromatic rings. The number of nitrogens with zero attached hydrogens (tertiary/aromatic N) is 2. The summed E-state index contributed by atoms with van der Waals surface area (Å²) in [6.45, 7) is 2.88. The molecule has 1 aromatic carbocycles. The fraction of sp³-hybridized carbons (Fsp3) is 0.647. The topological polar surface area (TPSA) is 45.2 Å². The van der Waals surface area contributed by atoms with Gasteiger partial charge in [0, 0.05) is 12.6 Å². The fourth-order valence-electron chi connectivity index (χ4n) is 3.02. The summed E-state index contributed by atoms with van der Waals surface area (Å²) in [5.41, 5.74) is 0.859. The maximum Gasteiger partial charge on any atom is 0.161 e. The van der Waals surface area contributed by atoms with E-state index in [0.29, 0.717) is 24.1 Å². The molecular weight excluding hydrogens is 280 g/mol. The number of methoxy groups -OCH3 is 2. The van der Waals surface area contributed by atoms with Crippen LogP contribution in [0.25, 0.3) is 0 Å². The van der Waals surface area contributed by atoms with Crippen LogP contribution in [-0.4, -0.2) is 68.9 Å². The van der Waals surface area contributed by atoms with Crippen LogP contribution in [0.15, 0.2) is 18.2 Å². The first-order valence-electron chi connectivity index (χ1n) is 7.84. The molecule has 0 amide bonds. The van der Waals surface area contributed by atoms with Gasteiger partial charge in [-0.1, -0.05) is 6.07 Å². The Bertz CT molecular complexity index is 473. The van der Waals surface area contributed by atoms with Crippen molar-refractivity contribution in [1.29, 1.82) is 0 Å². The average Bonchev–Trinajstić information content (AvgIpc) is 2.54. The Kier molecular flexibility index (Phi) is 6.06. The Balaban J connectivity index is 1.97. The summed E-state index contributed by atoms with van der Waals surface area (Å²) < 4.78 is 10.5. The van der Waals surface area contributed by atoms with E-state index in [9.17, 15) is 5.11 Å². The van der Waals surface area contributed by atoms with Gasteiger partial charge in [-0.15, -0.1) is 0 Å². The van der Waals surface area contributed by atoms with Crippen LogP contribution in [0.4, 0.5) is 0 Å². The van der Waals surface area contributed by atoms with Gasteiger partial charge in [-0.25, -0.2) is 0 Å². The largest absolute Gasteiger partial charge is 0.493 e. The summed E-state index contributed by atoms with van der Waals surface area (Å²) in [5.74, 6) is 1.34. The summed E-state index contributed by atoms with van der Waals surface area (Å²) in [6.07, 6.45) is 1.79. The van der Waals surface area contributed by atoms with Gasteiger partial charge in [0.2, 0.25) is 0 Å². The Morgan fingerprint density at radius 1 is 1.23 bits per heavy atom. The van der Waals surface area contributed by atoms with E-state index in [2.05, 4.69) is 23.9 Å². The Labute approximate surface area is 133 Å². The van der Waals surface area contributed by atoms with Gasteiger partial charge in [0.1, 0.15) is 0 Å². The van der Waals surface area contributed by atoms with Crippen LogP contribution in [0, 0.1) is 0 Å². The third-order valence-electron chi connectivity index (χ3n) is 4.56. The van der Waals surface area contributed by atoms with E-state index in [-0.39, 0.29) is 0 Å². The van der Waals surface area contributed by atoms with Crippen molar-refractivity contribution in [2.45, 2.75) is 25.0 Å². The minimum absolute atomic E-state index is 0.524. The van der Waals surface area contributed by atoms with E-state index in [0.717, 1.165) is 31.5 Å². The van der Waals surface area contributed by atoms with Crippen LogP contribution >= 0.6 is 0 Å². The first kappa shape index (κ1) is 17.1. The van der Waals surface area contributed by atoms with E-state index in [1.54, 1.807) is 14.2 Å². The molecule has 0 bridgehead atoms. The van der Waals surface area contributed by atoms with Gasteiger partial charge in [0.25, 0.3) is 0 Å². The normalized spacial score (nSPS) is 18.5. The highest BCUT2D eigenvalue weighted by Gasteiger charge is 2.23. The summed E-state index contributed by atoms with van der Waals surface area (Å²) in [5, 5.41) is 10.5. The molecule has 1 heterocycles. The molecular formula is C17H28N2O3. The Morgan fingerprint density at radius 2 is 1.86 bits per heavy atom. The van der Waals surface area contributed by atoms with E-state index >= 15 is 0 Å². The zero-order chi connectivity index (χ0) is 16.1. The van der Waals surface area contributed by atoms with Crippen LogP contribution in [-0.2, 0) is 0 Å². The molecule has 1 unspecified atom stereocenters. The van der Waals surface area contributed by atoms with Crippen molar-refractivity contribution in [2.75, 3.05) is 47.9 Å². The smallest absolute Gasteiger partial charge is 0.161 e. The second-order valence-corrected chi connectivity index (χ2v) is 6.10. The third kappa shape index (κ3) is 4.12. The SMILES string of the molecule is COc1ccc(C(O)CN(C)C2CCN(C)CC2)cc1OC. The number of rotatable bonds is 6. The molecule has 0 saturated carbocycles. The lowest BCUT2D eigenvalue weighted by molar-refractivity contribution is 0.0787. The quantitative estimate of drug-likeness (QED) is 0.868. The number of likely N-dealkylation sites (N-methyl/N-ethyl adjacent to an activating group) is 1. The highest BCUT2D eigenvalue weighted by molar-refractivity contribution is 5.43. The predicted octanol–water partition coefficient (Wildman–Crippen LogP) is 1.76.